The molecular weight excluding hydrogens is 289 g/mol. The van der Waals surface area contributed by atoms with Gasteiger partial charge in [-0.05, 0) is 53.1 Å². The summed E-state index contributed by atoms with van der Waals surface area (Å²) in [6.07, 6.45) is 1.92. The molecule has 1 aromatic carbocycles. The molecule has 0 aromatic heterocycles. The summed E-state index contributed by atoms with van der Waals surface area (Å²) in [6.45, 7) is 0.860. The van der Waals surface area contributed by atoms with Gasteiger partial charge in [0.05, 0.1) is 6.10 Å². The third-order valence-corrected chi connectivity index (χ3v) is 3.37. The largest absolute Gasteiger partial charge is 0.392 e. The molecule has 1 aliphatic carbocycles. The van der Waals surface area contributed by atoms with E-state index in [1.165, 1.54) is 9.13 Å². The number of halogens is 1. The Morgan fingerprint density at radius 1 is 1.43 bits per heavy atom. The molecule has 0 amide bonds. The maximum atomic E-state index is 9.38. The lowest BCUT2D eigenvalue weighted by atomic mass is 9.89. The standard InChI is InChI=1S/C11H14INO/c12-9-3-1-2-8(6-9)7-13-10-4-5-11(10)14/h1-3,6,10-11,13-14H,4-5,7H2/t10-,11-/m1/s1. The summed E-state index contributed by atoms with van der Waals surface area (Å²) in [5.74, 6) is 0. The van der Waals surface area contributed by atoms with Gasteiger partial charge < -0.3 is 10.4 Å². The van der Waals surface area contributed by atoms with Crippen molar-refractivity contribution < 1.29 is 5.11 Å². The first-order valence-corrected chi connectivity index (χ1v) is 5.99. The van der Waals surface area contributed by atoms with Crippen LogP contribution in [-0.4, -0.2) is 17.3 Å². The molecule has 1 saturated carbocycles. The Kier molecular flexibility index (Phi) is 3.41. The van der Waals surface area contributed by atoms with Gasteiger partial charge in [-0.15, -0.1) is 0 Å². The minimum Gasteiger partial charge on any atom is -0.392 e. The van der Waals surface area contributed by atoms with Crippen LogP contribution in [0.4, 0.5) is 0 Å². The fourth-order valence-electron chi connectivity index (χ4n) is 1.62. The van der Waals surface area contributed by atoms with E-state index in [0.717, 1.165) is 19.4 Å². The molecule has 1 aliphatic rings. The molecule has 2 nitrogen and oxygen atoms in total. The van der Waals surface area contributed by atoms with E-state index < -0.39 is 0 Å². The molecule has 14 heavy (non-hydrogen) atoms. The van der Waals surface area contributed by atoms with Crippen LogP contribution in [0.25, 0.3) is 0 Å². The third kappa shape index (κ3) is 2.46. The van der Waals surface area contributed by atoms with Gasteiger partial charge in [0.15, 0.2) is 0 Å². The van der Waals surface area contributed by atoms with Crippen molar-refractivity contribution >= 4 is 22.6 Å². The first-order valence-electron chi connectivity index (χ1n) is 4.91. The number of hydrogen-bond donors (Lipinski definition) is 2. The van der Waals surface area contributed by atoms with Gasteiger partial charge in [-0.3, -0.25) is 0 Å². The fraction of sp³-hybridized carbons (Fsp3) is 0.455. The molecule has 2 atom stereocenters. The number of nitrogens with one attached hydrogen (secondary N) is 1. The van der Waals surface area contributed by atoms with E-state index in [4.69, 9.17) is 0 Å². The molecule has 2 N–H and O–H groups in total. The number of rotatable bonds is 3. The van der Waals surface area contributed by atoms with Crippen LogP contribution in [0.2, 0.25) is 0 Å². The van der Waals surface area contributed by atoms with Gasteiger partial charge in [0.2, 0.25) is 0 Å². The number of aliphatic hydroxyl groups excluding tert-OH is 1. The van der Waals surface area contributed by atoms with Crippen molar-refractivity contribution in [2.75, 3.05) is 0 Å². The fourth-order valence-corrected chi connectivity index (χ4v) is 2.22. The second-order valence-corrected chi connectivity index (χ2v) is 5.01. The average Bonchev–Trinajstić information content (AvgIpc) is 2.16. The van der Waals surface area contributed by atoms with Gasteiger partial charge >= 0.3 is 0 Å². The topological polar surface area (TPSA) is 32.3 Å². The maximum Gasteiger partial charge on any atom is 0.0693 e. The van der Waals surface area contributed by atoms with Crippen molar-refractivity contribution in [3.05, 3.63) is 33.4 Å². The zero-order chi connectivity index (χ0) is 9.97. The minimum atomic E-state index is -0.127. The summed E-state index contributed by atoms with van der Waals surface area (Å²) >= 11 is 2.31. The van der Waals surface area contributed by atoms with Gasteiger partial charge in [-0.2, -0.15) is 0 Å². The number of hydrogen-bond acceptors (Lipinski definition) is 2. The molecule has 0 radical (unpaired) electrons. The average molecular weight is 303 g/mol. The summed E-state index contributed by atoms with van der Waals surface area (Å²) in [6, 6.07) is 8.74. The molecule has 0 heterocycles. The van der Waals surface area contributed by atoms with Gasteiger partial charge in [0, 0.05) is 16.2 Å². The van der Waals surface area contributed by atoms with E-state index in [1.807, 2.05) is 0 Å². The SMILES string of the molecule is O[C@@H]1CC[C@H]1NCc1cccc(I)c1. The van der Waals surface area contributed by atoms with Crippen LogP contribution in [-0.2, 0) is 6.54 Å². The normalized spacial score (nSPS) is 25.9. The van der Waals surface area contributed by atoms with Gasteiger partial charge in [-0.1, -0.05) is 12.1 Å². The van der Waals surface area contributed by atoms with Crippen LogP contribution < -0.4 is 5.32 Å². The Bertz CT molecular complexity index is 316. The van der Waals surface area contributed by atoms with Crippen LogP contribution >= 0.6 is 22.6 Å². The van der Waals surface area contributed by atoms with E-state index in [0.29, 0.717) is 6.04 Å². The smallest absolute Gasteiger partial charge is 0.0693 e. The van der Waals surface area contributed by atoms with Crippen molar-refractivity contribution in [1.82, 2.24) is 5.32 Å². The Hall–Kier alpha value is -0.130. The zero-order valence-electron chi connectivity index (χ0n) is 7.91. The molecule has 0 bridgehead atoms. The van der Waals surface area contributed by atoms with E-state index >= 15 is 0 Å². The van der Waals surface area contributed by atoms with E-state index in [9.17, 15) is 5.11 Å². The van der Waals surface area contributed by atoms with Crippen LogP contribution in [0.5, 0.6) is 0 Å². The highest BCUT2D eigenvalue weighted by Crippen LogP contribution is 2.19. The van der Waals surface area contributed by atoms with Crippen molar-refractivity contribution in [3.63, 3.8) is 0 Å². The molecule has 1 fully saturated rings. The highest BCUT2D eigenvalue weighted by Gasteiger charge is 2.27. The van der Waals surface area contributed by atoms with Gasteiger partial charge in [0.25, 0.3) is 0 Å². The van der Waals surface area contributed by atoms with Crippen LogP contribution in [0.3, 0.4) is 0 Å². The van der Waals surface area contributed by atoms with Crippen LogP contribution in [0.1, 0.15) is 18.4 Å². The predicted octanol–water partition coefficient (Wildman–Crippen LogP) is 1.90. The van der Waals surface area contributed by atoms with Crippen molar-refractivity contribution in [2.24, 2.45) is 0 Å². The highest BCUT2D eigenvalue weighted by atomic mass is 127. The Balaban J connectivity index is 1.85. The number of aliphatic hydroxyl groups is 1. The number of benzene rings is 1. The monoisotopic (exact) mass is 303 g/mol. The molecule has 1 aromatic rings. The molecule has 2 rings (SSSR count). The quantitative estimate of drug-likeness (QED) is 0.836. The second kappa shape index (κ2) is 4.59. The van der Waals surface area contributed by atoms with Crippen molar-refractivity contribution in [3.8, 4) is 0 Å². The molecule has 0 aliphatic heterocycles. The van der Waals surface area contributed by atoms with Crippen LogP contribution in [0, 0.1) is 3.57 Å². The van der Waals surface area contributed by atoms with E-state index in [1.54, 1.807) is 0 Å². The Morgan fingerprint density at radius 2 is 2.29 bits per heavy atom. The molecule has 0 unspecified atom stereocenters. The van der Waals surface area contributed by atoms with Gasteiger partial charge in [-0.25, -0.2) is 0 Å². The van der Waals surface area contributed by atoms with Crippen molar-refractivity contribution in [2.45, 2.75) is 31.5 Å². The Labute approximate surface area is 97.9 Å². The summed E-state index contributed by atoms with van der Waals surface area (Å²) in [4.78, 5) is 0. The summed E-state index contributed by atoms with van der Waals surface area (Å²) < 4.78 is 1.26. The Morgan fingerprint density at radius 3 is 2.86 bits per heavy atom. The lowest BCUT2D eigenvalue weighted by molar-refractivity contribution is 0.0493. The van der Waals surface area contributed by atoms with Gasteiger partial charge in [0.1, 0.15) is 0 Å². The highest BCUT2D eigenvalue weighted by molar-refractivity contribution is 14.1. The molecule has 0 saturated heterocycles. The second-order valence-electron chi connectivity index (χ2n) is 3.76. The molecule has 76 valence electrons. The maximum absolute atomic E-state index is 9.38. The summed E-state index contributed by atoms with van der Waals surface area (Å²) in [5.41, 5.74) is 1.29. The van der Waals surface area contributed by atoms with Crippen LogP contribution in [0.15, 0.2) is 24.3 Å². The zero-order valence-corrected chi connectivity index (χ0v) is 10.1. The molecular formula is C11H14INO. The van der Waals surface area contributed by atoms with E-state index in [2.05, 4.69) is 52.2 Å². The minimum absolute atomic E-state index is 0.127. The third-order valence-electron chi connectivity index (χ3n) is 2.70. The van der Waals surface area contributed by atoms with E-state index in [-0.39, 0.29) is 6.10 Å². The summed E-state index contributed by atoms with van der Waals surface area (Å²) in [7, 11) is 0. The lowest BCUT2D eigenvalue weighted by Gasteiger charge is -2.33. The molecule has 0 spiro atoms. The predicted molar refractivity (Wildman–Crippen MR) is 65.0 cm³/mol. The van der Waals surface area contributed by atoms with Crippen molar-refractivity contribution in [1.29, 1.82) is 0 Å². The lowest BCUT2D eigenvalue weighted by Crippen LogP contribution is -2.47. The molecule has 3 heteroatoms. The summed E-state index contributed by atoms with van der Waals surface area (Å²) in [5, 5.41) is 12.7. The first kappa shape index (κ1) is 10.4. The first-order chi connectivity index (χ1) is 6.75.